The molecule has 0 aliphatic carbocycles. The second kappa shape index (κ2) is 8.93. The average molecular weight is 359 g/mol. The number of rotatable bonds is 8. The molecule has 1 atom stereocenters. The van der Waals surface area contributed by atoms with Crippen molar-refractivity contribution in [3.8, 4) is 0 Å². The number of carbonyl (C=O) groups is 1. The Morgan fingerprint density at radius 1 is 1.35 bits per heavy atom. The third kappa shape index (κ3) is 4.30. The van der Waals surface area contributed by atoms with Crippen LogP contribution < -0.4 is 10.2 Å². The van der Waals surface area contributed by atoms with Gasteiger partial charge in [-0.2, -0.15) is 0 Å². The fourth-order valence-corrected chi connectivity index (χ4v) is 3.57. The van der Waals surface area contributed by atoms with Crippen molar-refractivity contribution in [3.63, 3.8) is 0 Å². The van der Waals surface area contributed by atoms with Crippen LogP contribution in [-0.2, 0) is 4.79 Å². The minimum atomic E-state index is 0.00476. The van der Waals surface area contributed by atoms with Crippen LogP contribution in [0.2, 0.25) is 0 Å². The monoisotopic (exact) mass is 359 g/mol. The van der Waals surface area contributed by atoms with Crippen molar-refractivity contribution in [2.75, 3.05) is 44.2 Å². The summed E-state index contributed by atoms with van der Waals surface area (Å²) < 4.78 is 0. The molecule has 0 spiro atoms. The second-order valence-corrected chi connectivity index (χ2v) is 6.76. The number of piperidine rings is 1. The standard InChI is InChI=1S/C18H29N7O/c1-3-24(4-2)9-6-8-19-18(26)14-7-5-10-25(11-14)17-15-16(21-12-20-15)22-13-23-17/h12-14H,3-11H2,1-2H3,(H,19,26)(H,20,21,22,23). The molecular weight excluding hydrogens is 330 g/mol. The third-order valence-electron chi connectivity index (χ3n) is 5.14. The largest absolute Gasteiger partial charge is 0.356 e. The summed E-state index contributed by atoms with van der Waals surface area (Å²) in [5.41, 5.74) is 1.51. The number of hydrogen-bond donors (Lipinski definition) is 2. The van der Waals surface area contributed by atoms with Crippen molar-refractivity contribution in [2.45, 2.75) is 33.1 Å². The van der Waals surface area contributed by atoms with Crippen LogP contribution in [0.3, 0.4) is 0 Å². The van der Waals surface area contributed by atoms with Crippen LogP contribution in [-0.4, -0.2) is 70.0 Å². The van der Waals surface area contributed by atoms with Crippen molar-refractivity contribution in [1.29, 1.82) is 0 Å². The first-order chi connectivity index (χ1) is 12.7. The molecule has 3 rings (SSSR count). The minimum Gasteiger partial charge on any atom is -0.356 e. The number of aromatic amines is 1. The van der Waals surface area contributed by atoms with Crippen LogP contribution >= 0.6 is 0 Å². The highest BCUT2D eigenvalue weighted by Gasteiger charge is 2.27. The fourth-order valence-electron chi connectivity index (χ4n) is 3.57. The van der Waals surface area contributed by atoms with Gasteiger partial charge in [0.1, 0.15) is 11.8 Å². The highest BCUT2D eigenvalue weighted by Crippen LogP contribution is 2.25. The van der Waals surface area contributed by atoms with Gasteiger partial charge in [-0.25, -0.2) is 15.0 Å². The van der Waals surface area contributed by atoms with Crippen molar-refractivity contribution >= 4 is 22.9 Å². The van der Waals surface area contributed by atoms with Crippen LogP contribution in [0.4, 0.5) is 5.82 Å². The molecule has 2 aromatic heterocycles. The van der Waals surface area contributed by atoms with E-state index in [1.54, 1.807) is 6.33 Å². The van der Waals surface area contributed by atoms with Gasteiger partial charge in [0, 0.05) is 19.6 Å². The molecule has 0 saturated carbocycles. The number of H-pyrrole nitrogens is 1. The van der Waals surface area contributed by atoms with Crippen molar-refractivity contribution in [2.24, 2.45) is 5.92 Å². The average Bonchev–Trinajstić information content (AvgIpc) is 3.17. The van der Waals surface area contributed by atoms with Crippen molar-refractivity contribution in [3.05, 3.63) is 12.7 Å². The number of carbonyl (C=O) groups excluding carboxylic acids is 1. The van der Waals surface area contributed by atoms with Crippen molar-refractivity contribution in [1.82, 2.24) is 30.2 Å². The van der Waals surface area contributed by atoms with Gasteiger partial charge in [0.05, 0.1) is 12.2 Å². The van der Waals surface area contributed by atoms with Gasteiger partial charge >= 0.3 is 0 Å². The molecule has 26 heavy (non-hydrogen) atoms. The fraction of sp³-hybridized carbons (Fsp3) is 0.667. The van der Waals surface area contributed by atoms with E-state index in [4.69, 9.17) is 0 Å². The Hall–Kier alpha value is -2.22. The second-order valence-electron chi connectivity index (χ2n) is 6.76. The molecule has 3 heterocycles. The highest BCUT2D eigenvalue weighted by atomic mass is 16.1. The van der Waals surface area contributed by atoms with Gasteiger partial charge in [0.2, 0.25) is 5.91 Å². The molecule has 8 heteroatoms. The van der Waals surface area contributed by atoms with E-state index in [1.807, 2.05) is 0 Å². The van der Waals surface area contributed by atoms with Gasteiger partial charge in [-0.3, -0.25) is 4.79 Å². The number of hydrogen-bond acceptors (Lipinski definition) is 6. The zero-order valence-corrected chi connectivity index (χ0v) is 15.7. The SMILES string of the molecule is CCN(CC)CCCNC(=O)C1CCCN(c2ncnc3nc[nH]c23)C1. The first-order valence-electron chi connectivity index (χ1n) is 9.62. The Balaban J connectivity index is 1.53. The predicted octanol–water partition coefficient (Wildman–Crippen LogP) is 1.42. The summed E-state index contributed by atoms with van der Waals surface area (Å²) in [5, 5.41) is 3.11. The Labute approximate surface area is 154 Å². The lowest BCUT2D eigenvalue weighted by Crippen LogP contribution is -2.44. The quantitative estimate of drug-likeness (QED) is 0.693. The summed E-state index contributed by atoms with van der Waals surface area (Å²) >= 11 is 0. The summed E-state index contributed by atoms with van der Waals surface area (Å²) in [6.07, 6.45) is 6.07. The topological polar surface area (TPSA) is 90.0 Å². The van der Waals surface area contributed by atoms with Gasteiger partial charge in [-0.05, 0) is 38.9 Å². The lowest BCUT2D eigenvalue weighted by molar-refractivity contribution is -0.125. The van der Waals surface area contributed by atoms with E-state index in [0.29, 0.717) is 12.2 Å². The van der Waals surface area contributed by atoms with Crippen LogP contribution in [0.25, 0.3) is 11.2 Å². The number of nitrogens with zero attached hydrogens (tertiary/aromatic N) is 5. The molecule has 1 saturated heterocycles. The molecule has 142 valence electrons. The molecule has 1 aliphatic rings. The Kier molecular flexibility index (Phi) is 6.38. The van der Waals surface area contributed by atoms with Gasteiger partial charge in [-0.1, -0.05) is 13.8 Å². The lowest BCUT2D eigenvalue weighted by Gasteiger charge is -2.33. The molecule has 1 fully saturated rings. The van der Waals surface area contributed by atoms with Crippen LogP contribution in [0.15, 0.2) is 12.7 Å². The van der Waals surface area contributed by atoms with Gasteiger partial charge < -0.3 is 20.1 Å². The minimum absolute atomic E-state index is 0.00476. The molecule has 0 aromatic carbocycles. The van der Waals surface area contributed by atoms with E-state index >= 15 is 0 Å². The molecular formula is C18H29N7O. The molecule has 8 nitrogen and oxygen atoms in total. The molecule has 1 amide bonds. The van der Waals surface area contributed by atoms with Gasteiger partial charge in [0.25, 0.3) is 0 Å². The molecule has 0 radical (unpaired) electrons. The number of fused-ring (bicyclic) bond motifs is 1. The Morgan fingerprint density at radius 2 is 2.19 bits per heavy atom. The number of anilines is 1. The van der Waals surface area contributed by atoms with Gasteiger partial charge in [-0.15, -0.1) is 0 Å². The first-order valence-corrected chi connectivity index (χ1v) is 9.62. The van der Waals surface area contributed by atoms with Crippen molar-refractivity contribution < 1.29 is 4.79 Å². The smallest absolute Gasteiger partial charge is 0.224 e. The Morgan fingerprint density at radius 3 is 3.00 bits per heavy atom. The summed E-state index contributed by atoms with van der Waals surface area (Å²) in [6.45, 7) is 9.81. The maximum absolute atomic E-state index is 12.6. The molecule has 1 unspecified atom stereocenters. The van der Waals surface area contributed by atoms with E-state index < -0.39 is 0 Å². The summed E-state index contributed by atoms with van der Waals surface area (Å²) in [5.74, 6) is 1.00. The zero-order valence-electron chi connectivity index (χ0n) is 15.7. The van der Waals surface area contributed by atoms with E-state index in [2.05, 4.69) is 48.9 Å². The summed E-state index contributed by atoms with van der Waals surface area (Å²) in [6, 6.07) is 0. The third-order valence-corrected chi connectivity index (χ3v) is 5.14. The molecule has 1 aliphatic heterocycles. The van der Waals surface area contributed by atoms with Crippen LogP contribution in [0.5, 0.6) is 0 Å². The number of nitrogens with one attached hydrogen (secondary N) is 2. The number of aromatic nitrogens is 4. The zero-order chi connectivity index (χ0) is 18.4. The molecule has 2 aromatic rings. The maximum atomic E-state index is 12.6. The normalized spacial score (nSPS) is 17.8. The predicted molar refractivity (Wildman–Crippen MR) is 102 cm³/mol. The summed E-state index contributed by atoms with van der Waals surface area (Å²) in [7, 11) is 0. The summed E-state index contributed by atoms with van der Waals surface area (Å²) in [4.78, 5) is 33.0. The lowest BCUT2D eigenvalue weighted by atomic mass is 9.97. The van der Waals surface area contributed by atoms with Crippen LogP contribution in [0, 0.1) is 5.92 Å². The number of imidazole rings is 1. The van der Waals surface area contributed by atoms with Gasteiger partial charge in [0.15, 0.2) is 11.5 Å². The Bertz CT molecular complexity index is 712. The first kappa shape index (κ1) is 18.6. The number of amides is 1. The van der Waals surface area contributed by atoms with E-state index in [0.717, 1.165) is 63.3 Å². The molecule has 2 N–H and O–H groups in total. The van der Waals surface area contributed by atoms with E-state index in [-0.39, 0.29) is 11.8 Å². The van der Waals surface area contributed by atoms with Crippen LogP contribution in [0.1, 0.15) is 33.1 Å². The maximum Gasteiger partial charge on any atom is 0.224 e. The van der Waals surface area contributed by atoms with E-state index in [1.165, 1.54) is 6.33 Å². The van der Waals surface area contributed by atoms with E-state index in [9.17, 15) is 4.79 Å². The highest BCUT2D eigenvalue weighted by molar-refractivity contribution is 5.84. The molecule has 0 bridgehead atoms.